The number of amides is 2. The Labute approximate surface area is 116 Å². The second kappa shape index (κ2) is 4.99. The smallest absolute Gasteiger partial charge is 0.326 e. The molecule has 8 heteroatoms. The van der Waals surface area contributed by atoms with Crippen LogP contribution >= 0.6 is 15.9 Å². The fraction of sp³-hybridized carbons (Fsp3) is 0.455. The molecule has 0 radical (unpaired) electrons. The fourth-order valence-corrected chi connectivity index (χ4v) is 2.20. The first-order valence-electron chi connectivity index (χ1n) is 5.50. The molecule has 1 saturated heterocycles. The third-order valence-electron chi connectivity index (χ3n) is 2.90. The summed E-state index contributed by atoms with van der Waals surface area (Å²) in [7, 11) is 1.48. The molecule has 0 spiro atoms. The predicted octanol–water partition coefficient (Wildman–Crippen LogP) is 2.81. The van der Waals surface area contributed by atoms with Crippen LogP contribution in [-0.4, -0.2) is 47.1 Å². The summed E-state index contributed by atoms with van der Waals surface area (Å²) < 4.78 is 40.2. The number of hydrogen-bond donors (Lipinski definition) is 0. The number of alkyl halides is 3. The average Bonchev–Trinajstić information content (AvgIpc) is 2.62. The minimum atomic E-state index is -4.55. The van der Waals surface area contributed by atoms with Crippen molar-refractivity contribution in [3.05, 3.63) is 28.5 Å². The molecule has 1 fully saturated rings. The summed E-state index contributed by atoms with van der Waals surface area (Å²) in [4.78, 5) is 17.6. The zero-order valence-corrected chi connectivity index (χ0v) is 11.6. The maximum Gasteiger partial charge on any atom is 0.414 e. The summed E-state index contributed by atoms with van der Waals surface area (Å²) in [5.41, 5.74) is -0.181. The Morgan fingerprint density at radius 2 is 2.05 bits per heavy atom. The highest BCUT2D eigenvalue weighted by Gasteiger charge is 2.49. The summed E-state index contributed by atoms with van der Waals surface area (Å²) in [5.74, 6) is 0. The molecule has 0 N–H and O–H groups in total. The molecule has 0 bridgehead atoms. The van der Waals surface area contributed by atoms with Gasteiger partial charge in [0.25, 0.3) is 0 Å². The lowest BCUT2D eigenvalue weighted by Gasteiger charge is -2.28. The Morgan fingerprint density at radius 1 is 1.37 bits per heavy atom. The fourth-order valence-electron chi connectivity index (χ4n) is 1.96. The molecule has 0 aromatic carbocycles. The van der Waals surface area contributed by atoms with Crippen molar-refractivity contribution in [3.8, 4) is 0 Å². The number of halogens is 4. The van der Waals surface area contributed by atoms with E-state index in [0.29, 0.717) is 4.47 Å². The maximum absolute atomic E-state index is 13.2. The van der Waals surface area contributed by atoms with Crippen LogP contribution < -0.4 is 0 Å². The van der Waals surface area contributed by atoms with Gasteiger partial charge in [-0.15, -0.1) is 0 Å². The van der Waals surface area contributed by atoms with Crippen LogP contribution in [0.1, 0.15) is 11.7 Å². The Morgan fingerprint density at radius 3 is 2.47 bits per heavy atom. The summed E-state index contributed by atoms with van der Waals surface area (Å²) in [6.45, 7) is 0.319. The van der Waals surface area contributed by atoms with Gasteiger partial charge in [-0.2, -0.15) is 13.2 Å². The summed E-state index contributed by atoms with van der Waals surface area (Å²) >= 11 is 3.12. The Kier molecular flexibility index (Phi) is 3.71. The first-order valence-corrected chi connectivity index (χ1v) is 6.30. The van der Waals surface area contributed by atoms with Gasteiger partial charge in [0.2, 0.25) is 0 Å². The van der Waals surface area contributed by atoms with Crippen LogP contribution in [0.3, 0.4) is 0 Å². The van der Waals surface area contributed by atoms with E-state index >= 15 is 0 Å². The standard InChI is InChI=1S/C11H11BrF3N3O/c1-17-4-5-18(10(17)19)9(11(13,14)15)8-3-2-7(12)6-16-8/h2-3,6,9H,4-5H2,1H3. The monoisotopic (exact) mass is 337 g/mol. The van der Waals surface area contributed by atoms with Crippen molar-refractivity contribution in [1.82, 2.24) is 14.8 Å². The van der Waals surface area contributed by atoms with E-state index in [0.717, 1.165) is 4.90 Å². The Balaban J connectivity index is 2.37. The number of likely N-dealkylation sites (N-methyl/N-ethyl adjacent to an activating group) is 1. The van der Waals surface area contributed by atoms with Crippen LogP contribution in [0.25, 0.3) is 0 Å². The van der Waals surface area contributed by atoms with Crippen molar-refractivity contribution in [2.24, 2.45) is 0 Å². The normalized spacial score (nSPS) is 18.1. The van der Waals surface area contributed by atoms with Gasteiger partial charge in [0.15, 0.2) is 6.04 Å². The highest BCUT2D eigenvalue weighted by molar-refractivity contribution is 9.10. The van der Waals surface area contributed by atoms with Gasteiger partial charge in [0.05, 0.1) is 5.69 Å². The first-order chi connectivity index (χ1) is 8.80. The van der Waals surface area contributed by atoms with Crippen molar-refractivity contribution in [2.75, 3.05) is 20.1 Å². The van der Waals surface area contributed by atoms with E-state index in [1.807, 2.05) is 0 Å². The van der Waals surface area contributed by atoms with E-state index in [-0.39, 0.29) is 18.8 Å². The highest BCUT2D eigenvalue weighted by atomic mass is 79.9. The van der Waals surface area contributed by atoms with Gasteiger partial charge < -0.3 is 9.80 Å². The van der Waals surface area contributed by atoms with Crippen molar-refractivity contribution in [1.29, 1.82) is 0 Å². The topological polar surface area (TPSA) is 36.4 Å². The third kappa shape index (κ3) is 2.83. The Bertz CT molecular complexity index is 477. The van der Waals surface area contributed by atoms with Crippen molar-refractivity contribution < 1.29 is 18.0 Å². The van der Waals surface area contributed by atoms with Crippen LogP contribution in [0, 0.1) is 0 Å². The van der Waals surface area contributed by atoms with Gasteiger partial charge in [-0.25, -0.2) is 4.79 Å². The first kappa shape index (κ1) is 14.1. The molecule has 1 aliphatic heterocycles. The zero-order chi connectivity index (χ0) is 14.2. The zero-order valence-electron chi connectivity index (χ0n) is 9.99. The molecule has 1 atom stereocenters. The van der Waals surface area contributed by atoms with Crippen LogP contribution in [0.15, 0.2) is 22.8 Å². The third-order valence-corrected chi connectivity index (χ3v) is 3.37. The number of urea groups is 1. The number of hydrogen-bond acceptors (Lipinski definition) is 2. The van der Waals surface area contributed by atoms with E-state index in [2.05, 4.69) is 20.9 Å². The SMILES string of the molecule is CN1CCN(C(c2ccc(Br)cn2)C(F)(F)F)C1=O. The molecule has 1 aromatic rings. The molecule has 104 valence electrons. The molecule has 1 aromatic heterocycles. The van der Waals surface area contributed by atoms with Crippen molar-refractivity contribution in [2.45, 2.75) is 12.2 Å². The van der Waals surface area contributed by atoms with Crippen LogP contribution in [-0.2, 0) is 0 Å². The molecule has 2 rings (SSSR count). The number of pyridine rings is 1. The highest BCUT2D eigenvalue weighted by Crippen LogP contribution is 2.38. The summed E-state index contributed by atoms with van der Waals surface area (Å²) in [5, 5.41) is 0. The summed E-state index contributed by atoms with van der Waals surface area (Å²) in [6.07, 6.45) is -3.26. The maximum atomic E-state index is 13.2. The van der Waals surface area contributed by atoms with E-state index in [1.54, 1.807) is 0 Å². The average molecular weight is 338 g/mol. The van der Waals surface area contributed by atoms with E-state index in [1.165, 1.54) is 30.3 Å². The summed E-state index contributed by atoms with van der Waals surface area (Å²) in [6, 6.07) is 0.115. The van der Waals surface area contributed by atoms with Crippen LogP contribution in [0.5, 0.6) is 0 Å². The quantitative estimate of drug-likeness (QED) is 0.832. The lowest BCUT2D eigenvalue weighted by atomic mass is 10.1. The van der Waals surface area contributed by atoms with E-state index in [4.69, 9.17) is 0 Å². The molecular formula is C11H11BrF3N3O. The van der Waals surface area contributed by atoms with Gasteiger partial charge in [0, 0.05) is 30.8 Å². The lowest BCUT2D eigenvalue weighted by molar-refractivity contribution is -0.177. The molecule has 1 unspecified atom stereocenters. The number of nitrogens with zero attached hydrogens (tertiary/aromatic N) is 3. The van der Waals surface area contributed by atoms with E-state index < -0.39 is 18.2 Å². The van der Waals surface area contributed by atoms with Gasteiger partial charge >= 0.3 is 12.2 Å². The second-order valence-corrected chi connectivity index (χ2v) is 5.16. The van der Waals surface area contributed by atoms with Crippen LogP contribution in [0.4, 0.5) is 18.0 Å². The molecule has 0 aliphatic carbocycles. The van der Waals surface area contributed by atoms with Gasteiger partial charge in [-0.1, -0.05) is 0 Å². The Hall–Kier alpha value is -1.31. The largest absolute Gasteiger partial charge is 0.414 e. The van der Waals surface area contributed by atoms with Gasteiger partial charge in [0.1, 0.15) is 0 Å². The molecule has 1 aliphatic rings. The molecule has 19 heavy (non-hydrogen) atoms. The van der Waals surface area contributed by atoms with Gasteiger partial charge in [-0.3, -0.25) is 4.98 Å². The second-order valence-electron chi connectivity index (χ2n) is 4.24. The molecule has 0 saturated carbocycles. The number of aromatic nitrogens is 1. The minimum Gasteiger partial charge on any atom is -0.326 e. The lowest BCUT2D eigenvalue weighted by Crippen LogP contribution is -2.41. The van der Waals surface area contributed by atoms with E-state index in [9.17, 15) is 18.0 Å². The van der Waals surface area contributed by atoms with Crippen molar-refractivity contribution >= 4 is 22.0 Å². The van der Waals surface area contributed by atoms with Gasteiger partial charge in [-0.05, 0) is 28.1 Å². The minimum absolute atomic E-state index is 0.0389. The molecular weight excluding hydrogens is 327 g/mol. The molecule has 2 amide bonds. The number of carbonyl (C=O) groups is 1. The number of carbonyl (C=O) groups excluding carboxylic acids is 1. The number of rotatable bonds is 2. The molecule has 4 nitrogen and oxygen atoms in total. The van der Waals surface area contributed by atoms with Crippen molar-refractivity contribution in [3.63, 3.8) is 0 Å². The molecule has 2 heterocycles. The predicted molar refractivity (Wildman–Crippen MR) is 65.5 cm³/mol. The van der Waals surface area contributed by atoms with Crippen LogP contribution in [0.2, 0.25) is 0 Å².